The molecule has 0 fully saturated rings. The van der Waals surface area contributed by atoms with Gasteiger partial charge in [-0.1, -0.05) is 17.7 Å². The van der Waals surface area contributed by atoms with E-state index in [9.17, 15) is 9.18 Å². The van der Waals surface area contributed by atoms with Crippen molar-refractivity contribution in [2.75, 3.05) is 17.7 Å². The lowest BCUT2D eigenvalue weighted by molar-refractivity contribution is 0.0993. The van der Waals surface area contributed by atoms with Gasteiger partial charge in [0.1, 0.15) is 5.82 Å². The van der Waals surface area contributed by atoms with Gasteiger partial charge in [-0.25, -0.2) is 4.39 Å². The summed E-state index contributed by atoms with van der Waals surface area (Å²) in [5, 5.41) is 0.393. The average Bonchev–Trinajstić information content (AvgIpc) is 2.40. The van der Waals surface area contributed by atoms with Crippen LogP contribution >= 0.6 is 11.6 Å². The van der Waals surface area contributed by atoms with E-state index in [1.807, 2.05) is 0 Å². The van der Waals surface area contributed by atoms with E-state index in [0.29, 0.717) is 22.0 Å². The highest BCUT2D eigenvalue weighted by molar-refractivity contribution is 6.33. The van der Waals surface area contributed by atoms with E-state index in [1.165, 1.54) is 23.1 Å². The number of carbonyl (C=O) groups excluding carboxylic acids is 1. The minimum atomic E-state index is -0.396. The van der Waals surface area contributed by atoms with Crippen LogP contribution in [0.1, 0.15) is 10.4 Å². The Hall–Kier alpha value is -2.07. The number of rotatable bonds is 2. The fourth-order valence-electron chi connectivity index (χ4n) is 1.67. The van der Waals surface area contributed by atoms with Crippen LogP contribution in [0, 0.1) is 5.82 Å². The molecule has 0 aliphatic carbocycles. The summed E-state index contributed by atoms with van der Waals surface area (Å²) in [5.74, 6) is -0.679. The molecule has 2 aromatic rings. The summed E-state index contributed by atoms with van der Waals surface area (Å²) in [7, 11) is 1.57. The van der Waals surface area contributed by atoms with Crippen LogP contribution in [0.2, 0.25) is 5.02 Å². The Balaban J connectivity index is 2.30. The molecule has 0 aliphatic rings. The van der Waals surface area contributed by atoms with Gasteiger partial charge < -0.3 is 10.6 Å². The largest absolute Gasteiger partial charge is 0.398 e. The number of nitrogens with two attached hydrogens (primary N) is 1. The van der Waals surface area contributed by atoms with Crippen LogP contribution in [0.3, 0.4) is 0 Å². The molecule has 0 spiro atoms. The highest BCUT2D eigenvalue weighted by Crippen LogP contribution is 2.22. The van der Waals surface area contributed by atoms with E-state index in [-0.39, 0.29) is 5.91 Å². The molecule has 3 nitrogen and oxygen atoms in total. The number of nitrogens with zero attached hydrogens (tertiary/aromatic N) is 1. The zero-order chi connectivity index (χ0) is 14.0. The Kier molecular flexibility index (Phi) is 3.71. The van der Waals surface area contributed by atoms with E-state index >= 15 is 0 Å². The number of anilines is 2. The number of benzene rings is 2. The molecule has 0 saturated heterocycles. The van der Waals surface area contributed by atoms with Gasteiger partial charge in [0.25, 0.3) is 5.91 Å². The standard InChI is InChI=1S/C14H12ClFN2O/c1-18(11-4-2-3-10(16)8-11)14(19)9-5-6-12(15)13(17)7-9/h2-8H,17H2,1H3. The first-order valence-corrected chi connectivity index (χ1v) is 5.95. The maximum Gasteiger partial charge on any atom is 0.258 e. The van der Waals surface area contributed by atoms with Gasteiger partial charge in [-0.2, -0.15) is 0 Å². The summed E-state index contributed by atoms with van der Waals surface area (Å²) in [4.78, 5) is 13.6. The zero-order valence-corrected chi connectivity index (χ0v) is 11.0. The second-order valence-corrected chi connectivity index (χ2v) is 4.49. The number of amides is 1. The highest BCUT2D eigenvalue weighted by Gasteiger charge is 2.14. The van der Waals surface area contributed by atoms with Crippen LogP contribution in [0.15, 0.2) is 42.5 Å². The van der Waals surface area contributed by atoms with Gasteiger partial charge >= 0.3 is 0 Å². The van der Waals surface area contributed by atoms with Crippen molar-refractivity contribution in [3.05, 3.63) is 58.9 Å². The van der Waals surface area contributed by atoms with Gasteiger partial charge in [-0.15, -0.1) is 0 Å². The fraction of sp³-hybridized carbons (Fsp3) is 0.0714. The number of hydrogen-bond acceptors (Lipinski definition) is 2. The second-order valence-electron chi connectivity index (χ2n) is 4.08. The summed E-state index contributed by atoms with van der Waals surface area (Å²) in [6.07, 6.45) is 0. The smallest absolute Gasteiger partial charge is 0.258 e. The van der Waals surface area contributed by atoms with Crippen molar-refractivity contribution in [1.29, 1.82) is 0 Å². The summed E-state index contributed by atoms with van der Waals surface area (Å²) in [6.45, 7) is 0. The predicted octanol–water partition coefficient (Wildman–Crippen LogP) is 3.34. The maximum absolute atomic E-state index is 13.1. The molecule has 1 amide bonds. The minimum absolute atomic E-state index is 0.283. The molecule has 0 aromatic heterocycles. The van der Waals surface area contributed by atoms with Crippen LogP contribution in [0.25, 0.3) is 0 Å². The molecule has 2 N–H and O–H groups in total. The Bertz CT molecular complexity index is 631. The molecule has 0 saturated carbocycles. The molecule has 19 heavy (non-hydrogen) atoms. The number of halogens is 2. The van der Waals surface area contributed by atoms with Gasteiger partial charge in [-0.05, 0) is 36.4 Å². The molecule has 0 atom stereocenters. The third-order valence-corrected chi connectivity index (χ3v) is 3.09. The SMILES string of the molecule is CN(C(=O)c1ccc(Cl)c(N)c1)c1cccc(F)c1. The lowest BCUT2D eigenvalue weighted by Gasteiger charge is -2.17. The predicted molar refractivity (Wildman–Crippen MR) is 75.0 cm³/mol. The first-order chi connectivity index (χ1) is 8.99. The molecule has 98 valence electrons. The van der Waals surface area contributed by atoms with Gasteiger partial charge in [0.2, 0.25) is 0 Å². The monoisotopic (exact) mass is 278 g/mol. The maximum atomic E-state index is 13.1. The third-order valence-electron chi connectivity index (χ3n) is 2.74. The lowest BCUT2D eigenvalue weighted by Crippen LogP contribution is -2.26. The molecule has 0 aliphatic heterocycles. The fourth-order valence-corrected chi connectivity index (χ4v) is 1.79. The van der Waals surface area contributed by atoms with E-state index < -0.39 is 5.82 Å². The summed E-state index contributed by atoms with van der Waals surface area (Å²) in [5.41, 5.74) is 6.86. The van der Waals surface area contributed by atoms with Gasteiger partial charge in [-0.3, -0.25) is 4.79 Å². The van der Waals surface area contributed by atoms with E-state index in [2.05, 4.69) is 0 Å². The molecule has 2 aromatic carbocycles. The van der Waals surface area contributed by atoms with E-state index in [4.69, 9.17) is 17.3 Å². The molecular weight excluding hydrogens is 267 g/mol. The molecule has 0 bridgehead atoms. The first kappa shape index (κ1) is 13.4. The Morgan fingerprint density at radius 3 is 2.63 bits per heavy atom. The quantitative estimate of drug-likeness (QED) is 0.857. The van der Waals surface area contributed by atoms with Crippen molar-refractivity contribution in [2.45, 2.75) is 0 Å². The van der Waals surface area contributed by atoms with Crippen LogP contribution in [0.5, 0.6) is 0 Å². The van der Waals surface area contributed by atoms with Crippen LogP contribution in [-0.4, -0.2) is 13.0 Å². The number of hydrogen-bond donors (Lipinski definition) is 1. The normalized spacial score (nSPS) is 10.3. The van der Waals surface area contributed by atoms with Crippen LogP contribution in [0.4, 0.5) is 15.8 Å². The van der Waals surface area contributed by atoms with Crippen molar-refractivity contribution in [1.82, 2.24) is 0 Å². The second kappa shape index (κ2) is 5.28. The Morgan fingerprint density at radius 1 is 1.26 bits per heavy atom. The average molecular weight is 279 g/mol. The van der Waals surface area contributed by atoms with Crippen molar-refractivity contribution >= 4 is 28.9 Å². The summed E-state index contributed by atoms with van der Waals surface area (Å²) < 4.78 is 13.1. The molecule has 0 heterocycles. The first-order valence-electron chi connectivity index (χ1n) is 5.57. The summed E-state index contributed by atoms with van der Waals surface area (Å²) >= 11 is 5.80. The molecule has 0 unspecified atom stereocenters. The molecule has 2 rings (SSSR count). The van der Waals surface area contributed by atoms with Crippen LogP contribution in [-0.2, 0) is 0 Å². The topological polar surface area (TPSA) is 46.3 Å². The van der Waals surface area contributed by atoms with Gasteiger partial charge in [0.05, 0.1) is 10.7 Å². The van der Waals surface area contributed by atoms with E-state index in [1.54, 1.807) is 31.3 Å². The highest BCUT2D eigenvalue weighted by atomic mass is 35.5. The Labute approximate surface area is 115 Å². The van der Waals surface area contributed by atoms with Gasteiger partial charge in [0.15, 0.2) is 0 Å². The third kappa shape index (κ3) is 2.85. The minimum Gasteiger partial charge on any atom is -0.398 e. The number of carbonyl (C=O) groups is 1. The van der Waals surface area contributed by atoms with Crippen molar-refractivity contribution in [2.24, 2.45) is 0 Å². The van der Waals surface area contributed by atoms with Crippen molar-refractivity contribution in [3.8, 4) is 0 Å². The number of nitrogen functional groups attached to an aromatic ring is 1. The van der Waals surface area contributed by atoms with Gasteiger partial charge in [0, 0.05) is 18.3 Å². The van der Waals surface area contributed by atoms with Crippen molar-refractivity contribution < 1.29 is 9.18 Å². The molecule has 0 radical (unpaired) electrons. The van der Waals surface area contributed by atoms with E-state index in [0.717, 1.165) is 0 Å². The zero-order valence-electron chi connectivity index (χ0n) is 10.2. The summed E-state index contributed by atoms with van der Waals surface area (Å²) in [6, 6.07) is 10.4. The molecular formula is C14H12ClFN2O. The lowest BCUT2D eigenvalue weighted by atomic mass is 10.1. The Morgan fingerprint density at radius 2 is 2.00 bits per heavy atom. The van der Waals surface area contributed by atoms with Crippen molar-refractivity contribution in [3.63, 3.8) is 0 Å². The van der Waals surface area contributed by atoms with Crippen LogP contribution < -0.4 is 10.6 Å². The molecule has 5 heteroatoms.